The molecule has 1 aromatic heterocycles. The van der Waals surface area contributed by atoms with Crippen LogP contribution < -0.4 is 16.4 Å². The van der Waals surface area contributed by atoms with Crippen LogP contribution in [-0.4, -0.2) is 42.8 Å². The number of ether oxygens (including phenoxy) is 1. The molecular formula is C14H17N3O4. The lowest BCUT2D eigenvalue weighted by Crippen LogP contribution is -2.43. The molecule has 3 rings (SSSR count). The van der Waals surface area contributed by atoms with Gasteiger partial charge in [-0.25, -0.2) is 4.79 Å². The zero-order valence-electron chi connectivity index (χ0n) is 11.9. The van der Waals surface area contributed by atoms with E-state index in [2.05, 4.69) is 10.6 Å². The number of amides is 1. The lowest BCUT2D eigenvalue weighted by atomic mass is 10.1. The summed E-state index contributed by atoms with van der Waals surface area (Å²) in [7, 11) is 3.23. The number of aryl methyl sites for hydroxylation is 1. The Labute approximate surface area is 120 Å². The van der Waals surface area contributed by atoms with Gasteiger partial charge in [0, 0.05) is 27.2 Å². The highest BCUT2D eigenvalue weighted by molar-refractivity contribution is 6.04. The number of aromatic nitrogens is 1. The number of carbonyl (C=O) groups excluding carboxylic acids is 1. The van der Waals surface area contributed by atoms with E-state index in [1.54, 1.807) is 32.4 Å². The summed E-state index contributed by atoms with van der Waals surface area (Å²) in [5, 5.41) is 6.08. The van der Waals surface area contributed by atoms with E-state index in [1.165, 1.54) is 4.57 Å². The predicted molar refractivity (Wildman–Crippen MR) is 76.4 cm³/mol. The molecule has 1 amide bonds. The van der Waals surface area contributed by atoms with E-state index in [-0.39, 0.29) is 18.1 Å². The monoisotopic (exact) mass is 291 g/mol. The summed E-state index contributed by atoms with van der Waals surface area (Å²) in [6, 6.07) is 5.01. The second-order valence-corrected chi connectivity index (χ2v) is 5.09. The second-order valence-electron chi connectivity index (χ2n) is 5.09. The first-order chi connectivity index (χ1) is 10.1. The zero-order valence-corrected chi connectivity index (χ0v) is 11.9. The van der Waals surface area contributed by atoms with E-state index in [4.69, 9.17) is 9.15 Å². The molecule has 0 bridgehead atoms. The van der Waals surface area contributed by atoms with Crippen molar-refractivity contribution in [2.75, 3.05) is 20.2 Å². The highest BCUT2D eigenvalue weighted by Crippen LogP contribution is 2.17. The molecule has 21 heavy (non-hydrogen) atoms. The Hall–Kier alpha value is -2.12. The first kappa shape index (κ1) is 13.8. The number of hydrogen-bond acceptors (Lipinski definition) is 5. The third-order valence-corrected chi connectivity index (χ3v) is 3.84. The fourth-order valence-corrected chi connectivity index (χ4v) is 2.62. The largest absolute Gasteiger partial charge is 0.419 e. The van der Waals surface area contributed by atoms with Crippen LogP contribution in [0.15, 0.2) is 27.4 Å². The topological polar surface area (TPSA) is 85.5 Å². The van der Waals surface area contributed by atoms with Crippen molar-refractivity contribution < 1.29 is 13.9 Å². The van der Waals surface area contributed by atoms with Gasteiger partial charge in [-0.15, -0.1) is 0 Å². The van der Waals surface area contributed by atoms with Crippen LogP contribution in [0.5, 0.6) is 0 Å². The molecule has 0 spiro atoms. The SMILES string of the molecule is CO[C@H]1CNC[C@H]1NC(=O)c1cccc2c1oc(=O)n2C. The number of fused-ring (bicyclic) bond motifs is 1. The summed E-state index contributed by atoms with van der Waals surface area (Å²) >= 11 is 0. The molecule has 0 unspecified atom stereocenters. The van der Waals surface area contributed by atoms with Gasteiger partial charge in [0.1, 0.15) is 0 Å². The summed E-state index contributed by atoms with van der Waals surface area (Å²) in [5.74, 6) is -0.756. The molecular weight excluding hydrogens is 274 g/mol. The molecule has 1 aromatic carbocycles. The van der Waals surface area contributed by atoms with Crippen LogP contribution in [0.1, 0.15) is 10.4 Å². The molecule has 0 radical (unpaired) electrons. The van der Waals surface area contributed by atoms with E-state index in [0.717, 1.165) is 0 Å². The fraction of sp³-hybridized carbons (Fsp3) is 0.429. The van der Waals surface area contributed by atoms with Crippen LogP contribution >= 0.6 is 0 Å². The molecule has 7 nitrogen and oxygen atoms in total. The number of nitrogens with one attached hydrogen (secondary N) is 2. The Kier molecular flexibility index (Phi) is 3.52. The number of methoxy groups -OCH3 is 1. The summed E-state index contributed by atoms with van der Waals surface area (Å²) in [6.45, 7) is 1.35. The van der Waals surface area contributed by atoms with Gasteiger partial charge in [-0.1, -0.05) is 6.07 Å². The van der Waals surface area contributed by atoms with E-state index < -0.39 is 5.76 Å². The average Bonchev–Trinajstić information content (AvgIpc) is 3.04. The third kappa shape index (κ3) is 2.34. The minimum Gasteiger partial charge on any atom is -0.407 e. The summed E-state index contributed by atoms with van der Waals surface area (Å²) in [6.07, 6.45) is -0.0593. The predicted octanol–water partition coefficient (Wildman–Crippen LogP) is -0.152. The minimum absolute atomic E-state index is 0.0593. The summed E-state index contributed by atoms with van der Waals surface area (Å²) in [4.78, 5) is 24.0. The molecule has 2 heterocycles. The van der Waals surface area contributed by atoms with Crippen LogP contribution in [0, 0.1) is 0 Å². The first-order valence-electron chi connectivity index (χ1n) is 6.74. The number of carbonyl (C=O) groups is 1. The average molecular weight is 291 g/mol. The van der Waals surface area contributed by atoms with Gasteiger partial charge in [0.15, 0.2) is 5.58 Å². The Morgan fingerprint density at radius 1 is 1.48 bits per heavy atom. The van der Waals surface area contributed by atoms with Crippen molar-refractivity contribution in [3.8, 4) is 0 Å². The Bertz CT molecular complexity index is 733. The van der Waals surface area contributed by atoms with Gasteiger partial charge >= 0.3 is 5.76 Å². The van der Waals surface area contributed by atoms with Gasteiger partial charge in [0.2, 0.25) is 0 Å². The van der Waals surface area contributed by atoms with Crippen molar-refractivity contribution in [3.63, 3.8) is 0 Å². The number of para-hydroxylation sites is 1. The van der Waals surface area contributed by atoms with Crippen molar-refractivity contribution in [1.82, 2.24) is 15.2 Å². The van der Waals surface area contributed by atoms with Crippen LogP contribution in [0.2, 0.25) is 0 Å². The normalized spacial score (nSPS) is 21.8. The quantitative estimate of drug-likeness (QED) is 0.821. The number of rotatable bonds is 3. The molecule has 2 N–H and O–H groups in total. The molecule has 0 aliphatic carbocycles. The molecule has 1 aliphatic heterocycles. The van der Waals surface area contributed by atoms with Crippen molar-refractivity contribution in [1.29, 1.82) is 0 Å². The number of hydrogen-bond donors (Lipinski definition) is 2. The molecule has 2 aromatic rings. The maximum atomic E-state index is 12.4. The maximum Gasteiger partial charge on any atom is 0.419 e. The molecule has 1 fully saturated rings. The van der Waals surface area contributed by atoms with Gasteiger partial charge in [-0.3, -0.25) is 9.36 Å². The van der Waals surface area contributed by atoms with Crippen molar-refractivity contribution >= 4 is 17.0 Å². The summed E-state index contributed by atoms with van der Waals surface area (Å²) < 4.78 is 11.9. The van der Waals surface area contributed by atoms with E-state index in [0.29, 0.717) is 29.8 Å². The molecule has 1 aliphatic rings. The molecule has 7 heteroatoms. The Morgan fingerprint density at radius 2 is 2.29 bits per heavy atom. The van der Waals surface area contributed by atoms with Gasteiger partial charge in [-0.05, 0) is 12.1 Å². The molecule has 2 atom stereocenters. The van der Waals surface area contributed by atoms with Crippen LogP contribution in [0.4, 0.5) is 0 Å². The van der Waals surface area contributed by atoms with Crippen molar-refractivity contribution in [3.05, 3.63) is 34.3 Å². The van der Waals surface area contributed by atoms with Crippen LogP contribution in [0.25, 0.3) is 11.1 Å². The fourth-order valence-electron chi connectivity index (χ4n) is 2.62. The molecule has 112 valence electrons. The van der Waals surface area contributed by atoms with Crippen LogP contribution in [-0.2, 0) is 11.8 Å². The standard InChI is InChI=1S/C14H17N3O4/c1-17-10-5-3-4-8(12(10)21-14(17)19)13(18)16-9-6-15-7-11(9)20-2/h3-5,9,11,15H,6-7H2,1-2H3,(H,16,18)/t9-,11+/m1/s1. The van der Waals surface area contributed by atoms with E-state index >= 15 is 0 Å². The van der Waals surface area contributed by atoms with Gasteiger partial charge in [0.05, 0.1) is 23.2 Å². The Balaban J connectivity index is 1.91. The number of benzene rings is 1. The highest BCUT2D eigenvalue weighted by atomic mass is 16.5. The van der Waals surface area contributed by atoms with E-state index in [1.807, 2.05) is 0 Å². The smallest absolute Gasteiger partial charge is 0.407 e. The number of oxazole rings is 1. The van der Waals surface area contributed by atoms with Gasteiger partial charge in [0.25, 0.3) is 5.91 Å². The first-order valence-corrected chi connectivity index (χ1v) is 6.74. The lowest BCUT2D eigenvalue weighted by Gasteiger charge is -2.18. The van der Waals surface area contributed by atoms with Crippen molar-refractivity contribution in [2.45, 2.75) is 12.1 Å². The minimum atomic E-state index is -0.484. The van der Waals surface area contributed by atoms with Crippen LogP contribution in [0.3, 0.4) is 0 Å². The van der Waals surface area contributed by atoms with Crippen molar-refractivity contribution in [2.24, 2.45) is 7.05 Å². The molecule has 0 saturated carbocycles. The maximum absolute atomic E-state index is 12.4. The zero-order chi connectivity index (χ0) is 15.0. The lowest BCUT2D eigenvalue weighted by molar-refractivity contribution is 0.0780. The highest BCUT2D eigenvalue weighted by Gasteiger charge is 2.29. The van der Waals surface area contributed by atoms with Gasteiger partial charge < -0.3 is 19.8 Å². The second kappa shape index (κ2) is 5.34. The third-order valence-electron chi connectivity index (χ3n) is 3.84. The Morgan fingerprint density at radius 3 is 3.05 bits per heavy atom. The van der Waals surface area contributed by atoms with E-state index in [9.17, 15) is 9.59 Å². The summed E-state index contributed by atoms with van der Waals surface area (Å²) in [5.41, 5.74) is 1.26. The number of nitrogens with zero attached hydrogens (tertiary/aromatic N) is 1. The van der Waals surface area contributed by atoms with Gasteiger partial charge in [-0.2, -0.15) is 0 Å². The molecule has 1 saturated heterocycles.